The first-order valence-electron chi connectivity index (χ1n) is 5.31. The van der Waals surface area contributed by atoms with E-state index < -0.39 is 30.2 Å². The minimum absolute atomic E-state index is 0.0227. The van der Waals surface area contributed by atoms with Crippen LogP contribution in [0.2, 0.25) is 0 Å². The number of ether oxygens (including phenoxy) is 1. The molecule has 0 radical (unpaired) electrons. The lowest BCUT2D eigenvalue weighted by Gasteiger charge is -2.24. The molecule has 2 heterocycles. The van der Waals surface area contributed by atoms with Crippen molar-refractivity contribution in [1.29, 1.82) is 0 Å². The molecule has 1 saturated heterocycles. The second-order valence-electron chi connectivity index (χ2n) is 4.08. The zero-order valence-electron chi connectivity index (χ0n) is 9.39. The number of carbonyl (C=O) groups is 1. The number of aliphatic hydroxyl groups excluding tert-OH is 2. The highest BCUT2D eigenvalue weighted by molar-refractivity contribution is 5.60. The van der Waals surface area contributed by atoms with Gasteiger partial charge in [0, 0.05) is 12.6 Å². The van der Waals surface area contributed by atoms with Gasteiger partial charge in [-0.1, -0.05) is 0 Å². The van der Waals surface area contributed by atoms with Crippen LogP contribution in [0.25, 0.3) is 0 Å². The lowest BCUT2D eigenvalue weighted by Crippen LogP contribution is -2.43. The summed E-state index contributed by atoms with van der Waals surface area (Å²) in [4.78, 5) is 26.4. The smallest absolute Gasteiger partial charge is 0.352 e. The fourth-order valence-corrected chi connectivity index (χ4v) is 1.97. The van der Waals surface area contributed by atoms with E-state index in [1.165, 1.54) is 12.3 Å². The van der Waals surface area contributed by atoms with Crippen LogP contribution in [0.5, 0.6) is 0 Å². The minimum atomic E-state index is -1.65. The minimum Gasteiger partial charge on any atom is -0.394 e. The van der Waals surface area contributed by atoms with E-state index >= 15 is 0 Å². The fraction of sp³-hybridized carbons (Fsp3) is 0.500. The number of aromatic nitrogens is 2. The Morgan fingerprint density at radius 3 is 2.94 bits per heavy atom. The summed E-state index contributed by atoms with van der Waals surface area (Å²) in [6, 6.07) is 1.34. The molecule has 1 fully saturated rings. The van der Waals surface area contributed by atoms with Crippen molar-refractivity contribution < 1.29 is 19.7 Å². The molecule has 8 heteroatoms. The standard InChI is InChI=1S/C10H13N3O5/c11-8-1-2-13(9(17)12-8)10(5-15)3-6(16)7(4-14)18-10/h1-2,5-7,14,16H,3-4H2,(H2,11,12,17)/t6-,7+,10-/m0/s1. The molecule has 1 aromatic heterocycles. The van der Waals surface area contributed by atoms with Crippen molar-refractivity contribution in [2.75, 3.05) is 12.3 Å². The first kappa shape index (κ1) is 12.7. The number of carbonyl (C=O) groups excluding carboxylic acids is 1. The third kappa shape index (κ3) is 1.90. The predicted molar refractivity (Wildman–Crippen MR) is 59.5 cm³/mol. The third-order valence-corrected chi connectivity index (χ3v) is 2.88. The van der Waals surface area contributed by atoms with Gasteiger partial charge in [0.1, 0.15) is 11.9 Å². The number of nitrogen functional groups attached to an aromatic ring is 1. The van der Waals surface area contributed by atoms with Crippen LogP contribution in [0.15, 0.2) is 17.1 Å². The van der Waals surface area contributed by atoms with Gasteiger partial charge in [0.25, 0.3) is 0 Å². The van der Waals surface area contributed by atoms with Crippen LogP contribution in [0.1, 0.15) is 6.42 Å². The van der Waals surface area contributed by atoms with E-state index in [9.17, 15) is 14.7 Å². The molecule has 0 aromatic carbocycles. The molecule has 0 unspecified atom stereocenters. The molecule has 8 nitrogen and oxygen atoms in total. The van der Waals surface area contributed by atoms with Crippen LogP contribution < -0.4 is 11.4 Å². The second kappa shape index (κ2) is 4.48. The van der Waals surface area contributed by atoms with Crippen molar-refractivity contribution in [2.45, 2.75) is 24.4 Å². The van der Waals surface area contributed by atoms with Gasteiger partial charge in [0.05, 0.1) is 12.7 Å². The number of nitrogens with zero attached hydrogens (tertiary/aromatic N) is 2. The highest BCUT2D eigenvalue weighted by Crippen LogP contribution is 2.32. The van der Waals surface area contributed by atoms with E-state index in [1.807, 2.05) is 0 Å². The van der Waals surface area contributed by atoms with Gasteiger partial charge in [0.15, 0.2) is 6.29 Å². The van der Waals surface area contributed by atoms with Gasteiger partial charge in [-0.3, -0.25) is 9.36 Å². The van der Waals surface area contributed by atoms with E-state index in [4.69, 9.17) is 15.6 Å². The molecule has 2 rings (SSSR count). The Balaban J connectivity index is 2.46. The molecule has 1 aliphatic heterocycles. The average molecular weight is 255 g/mol. The molecule has 1 aromatic rings. The first-order chi connectivity index (χ1) is 8.52. The van der Waals surface area contributed by atoms with Crippen LogP contribution in [-0.4, -0.2) is 44.9 Å². The van der Waals surface area contributed by atoms with E-state index in [1.54, 1.807) is 0 Å². The van der Waals surface area contributed by atoms with Gasteiger partial charge in [-0.15, -0.1) is 0 Å². The number of hydrogen-bond acceptors (Lipinski definition) is 7. The lowest BCUT2D eigenvalue weighted by molar-refractivity contribution is -0.148. The normalized spacial score (nSPS) is 31.4. The van der Waals surface area contributed by atoms with E-state index in [-0.39, 0.29) is 12.2 Å². The first-order valence-corrected chi connectivity index (χ1v) is 5.31. The maximum atomic E-state index is 11.7. The third-order valence-electron chi connectivity index (χ3n) is 2.88. The summed E-state index contributed by atoms with van der Waals surface area (Å²) in [5, 5.41) is 18.7. The van der Waals surface area contributed by atoms with Crippen molar-refractivity contribution in [3.63, 3.8) is 0 Å². The molecule has 0 amide bonds. The summed E-state index contributed by atoms with van der Waals surface area (Å²) in [5.41, 5.74) is 2.94. The largest absolute Gasteiger partial charge is 0.394 e. The van der Waals surface area contributed by atoms with Gasteiger partial charge in [-0.05, 0) is 6.07 Å². The number of nitrogens with two attached hydrogens (primary N) is 1. The Hall–Kier alpha value is -1.77. The van der Waals surface area contributed by atoms with Gasteiger partial charge >= 0.3 is 5.69 Å². The van der Waals surface area contributed by atoms with Crippen LogP contribution in [0.3, 0.4) is 0 Å². The molecular formula is C10H13N3O5. The van der Waals surface area contributed by atoms with Crippen LogP contribution in [-0.2, 0) is 15.3 Å². The summed E-state index contributed by atoms with van der Waals surface area (Å²) < 4.78 is 6.23. The highest BCUT2D eigenvalue weighted by Gasteiger charge is 2.48. The molecule has 0 bridgehead atoms. The summed E-state index contributed by atoms with van der Waals surface area (Å²) in [5.74, 6) is 0.0227. The zero-order chi connectivity index (χ0) is 13.3. The van der Waals surface area contributed by atoms with E-state index in [0.717, 1.165) is 4.57 Å². The topological polar surface area (TPSA) is 128 Å². The number of aliphatic hydroxyl groups is 2. The van der Waals surface area contributed by atoms with Gasteiger partial charge < -0.3 is 20.7 Å². The molecule has 0 saturated carbocycles. The second-order valence-corrected chi connectivity index (χ2v) is 4.08. The fourth-order valence-electron chi connectivity index (χ4n) is 1.97. The summed E-state index contributed by atoms with van der Waals surface area (Å²) in [6.45, 7) is -0.450. The summed E-state index contributed by atoms with van der Waals surface area (Å²) in [6.07, 6.45) is -0.409. The van der Waals surface area contributed by atoms with E-state index in [0.29, 0.717) is 6.29 Å². The van der Waals surface area contributed by atoms with Crippen molar-refractivity contribution in [3.8, 4) is 0 Å². The number of hydrogen-bond donors (Lipinski definition) is 3. The van der Waals surface area contributed by atoms with Gasteiger partial charge in [-0.2, -0.15) is 4.98 Å². The van der Waals surface area contributed by atoms with E-state index in [2.05, 4.69) is 4.98 Å². The number of aldehydes is 1. The molecule has 4 N–H and O–H groups in total. The Morgan fingerprint density at radius 2 is 2.44 bits per heavy atom. The van der Waals surface area contributed by atoms with Crippen molar-refractivity contribution >= 4 is 12.1 Å². The quantitative estimate of drug-likeness (QED) is 0.524. The SMILES string of the molecule is Nc1ccn([C@@]2(C=O)C[C@H](O)[C@@H](CO)O2)c(=O)n1. The summed E-state index contributed by atoms with van der Waals surface area (Å²) >= 11 is 0. The predicted octanol–water partition coefficient (Wildman–Crippen LogP) is -2.18. The van der Waals surface area contributed by atoms with Crippen LogP contribution in [0.4, 0.5) is 5.82 Å². The Kier molecular flexibility index (Phi) is 3.16. The zero-order valence-corrected chi connectivity index (χ0v) is 9.39. The molecular weight excluding hydrogens is 242 g/mol. The van der Waals surface area contributed by atoms with Crippen molar-refractivity contribution in [2.24, 2.45) is 0 Å². The van der Waals surface area contributed by atoms with Gasteiger partial charge in [-0.25, -0.2) is 4.79 Å². The van der Waals surface area contributed by atoms with Crippen molar-refractivity contribution in [3.05, 3.63) is 22.7 Å². The molecule has 1 aliphatic rings. The number of rotatable bonds is 3. The van der Waals surface area contributed by atoms with Gasteiger partial charge in [0.2, 0.25) is 5.72 Å². The van der Waals surface area contributed by atoms with Crippen LogP contribution in [0, 0.1) is 0 Å². The molecule has 3 atom stereocenters. The summed E-state index contributed by atoms with van der Waals surface area (Å²) in [7, 11) is 0. The number of anilines is 1. The molecule has 0 aliphatic carbocycles. The maximum absolute atomic E-state index is 11.7. The van der Waals surface area contributed by atoms with Crippen LogP contribution >= 0.6 is 0 Å². The molecule has 98 valence electrons. The molecule has 18 heavy (non-hydrogen) atoms. The maximum Gasteiger partial charge on any atom is 0.352 e. The lowest BCUT2D eigenvalue weighted by atomic mass is 10.1. The Labute approximate surface area is 102 Å². The monoisotopic (exact) mass is 255 g/mol. The Morgan fingerprint density at radius 1 is 1.72 bits per heavy atom. The molecule has 0 spiro atoms. The van der Waals surface area contributed by atoms with Crippen molar-refractivity contribution in [1.82, 2.24) is 9.55 Å². The highest BCUT2D eigenvalue weighted by atomic mass is 16.6. The average Bonchev–Trinajstić information content (AvgIpc) is 2.67. The Bertz CT molecular complexity index is 516.